The summed E-state index contributed by atoms with van der Waals surface area (Å²) in [6.45, 7) is 7.32. The van der Waals surface area contributed by atoms with Crippen LogP contribution in [0.4, 0.5) is 5.69 Å². The Hall–Kier alpha value is -1.97. The third-order valence-electron chi connectivity index (χ3n) is 2.60. The van der Waals surface area contributed by atoms with Gasteiger partial charge >= 0.3 is 0 Å². The monoisotopic (exact) mass is 262 g/mol. The fraction of sp³-hybridized carbons (Fsp3) is 0.400. The fourth-order valence-corrected chi connectivity index (χ4v) is 1.80. The van der Waals surface area contributed by atoms with Crippen LogP contribution in [0.5, 0.6) is 5.75 Å². The topological polar surface area (TPSA) is 42.8 Å². The van der Waals surface area contributed by atoms with Crippen molar-refractivity contribution in [2.45, 2.75) is 20.8 Å². The molecule has 104 valence electrons. The molecule has 0 bridgehead atoms. The maximum atomic E-state index is 5.68. The molecule has 0 aliphatic heterocycles. The molecule has 4 nitrogen and oxygen atoms in total. The third-order valence-corrected chi connectivity index (χ3v) is 2.60. The molecule has 0 saturated carbocycles. The zero-order chi connectivity index (χ0) is 14.1. The smallest absolute Gasteiger partial charge is 0.127 e. The molecule has 0 unspecified atom stereocenters. The van der Waals surface area contributed by atoms with Gasteiger partial charge in [-0.05, 0) is 44.0 Å². The van der Waals surface area contributed by atoms with Crippen LogP contribution in [0.1, 0.15) is 18.1 Å². The highest BCUT2D eigenvalue weighted by Crippen LogP contribution is 2.27. The van der Waals surface area contributed by atoms with Gasteiger partial charge in [0, 0.05) is 12.2 Å². The van der Waals surface area contributed by atoms with E-state index in [1.807, 2.05) is 26.8 Å². The molecule has 0 aliphatic carbocycles. The predicted molar refractivity (Wildman–Crippen MR) is 80.2 cm³/mol. The normalized spacial score (nSPS) is 11.2. The van der Waals surface area contributed by atoms with Crippen molar-refractivity contribution in [3.05, 3.63) is 35.4 Å². The molecule has 0 fully saturated rings. The van der Waals surface area contributed by atoms with E-state index in [4.69, 9.17) is 4.74 Å². The Labute approximate surface area is 115 Å². The summed E-state index contributed by atoms with van der Waals surface area (Å²) in [7, 11) is 1.51. The number of anilines is 1. The van der Waals surface area contributed by atoms with Crippen molar-refractivity contribution in [1.29, 1.82) is 0 Å². The molecule has 0 aromatic heterocycles. The van der Waals surface area contributed by atoms with E-state index in [0.29, 0.717) is 6.61 Å². The van der Waals surface area contributed by atoms with Gasteiger partial charge in [0.15, 0.2) is 0 Å². The predicted octanol–water partition coefficient (Wildman–Crippen LogP) is 3.30. The van der Waals surface area contributed by atoms with E-state index in [2.05, 4.69) is 33.5 Å². The van der Waals surface area contributed by atoms with Crippen molar-refractivity contribution in [3.8, 4) is 5.75 Å². The summed E-state index contributed by atoms with van der Waals surface area (Å²) in [6.07, 6.45) is 5.70. The van der Waals surface area contributed by atoms with Gasteiger partial charge in [-0.15, -0.1) is 0 Å². The quantitative estimate of drug-likeness (QED) is 0.466. The molecule has 1 aromatic rings. The lowest BCUT2D eigenvalue weighted by molar-refractivity contribution is 0.212. The van der Waals surface area contributed by atoms with Gasteiger partial charge in [-0.3, -0.25) is 0 Å². The van der Waals surface area contributed by atoms with Gasteiger partial charge in [0.1, 0.15) is 19.5 Å². The lowest BCUT2D eigenvalue weighted by atomic mass is 10.1. The maximum Gasteiger partial charge on any atom is 0.127 e. The van der Waals surface area contributed by atoms with Crippen molar-refractivity contribution < 1.29 is 9.57 Å². The molecule has 0 saturated heterocycles. The molecule has 0 aliphatic rings. The van der Waals surface area contributed by atoms with Gasteiger partial charge in [-0.25, -0.2) is 0 Å². The van der Waals surface area contributed by atoms with Crippen molar-refractivity contribution >= 4 is 11.9 Å². The molecule has 1 aromatic carbocycles. The summed E-state index contributed by atoms with van der Waals surface area (Å²) in [5.41, 5.74) is 3.31. The van der Waals surface area contributed by atoms with E-state index in [1.54, 1.807) is 6.21 Å². The highest BCUT2D eigenvalue weighted by molar-refractivity contribution is 5.60. The highest BCUT2D eigenvalue weighted by atomic mass is 16.6. The first kappa shape index (κ1) is 15.1. The molecule has 0 heterocycles. The second-order valence-corrected chi connectivity index (χ2v) is 4.17. The van der Waals surface area contributed by atoms with Gasteiger partial charge < -0.3 is 14.9 Å². The molecule has 1 rings (SSSR count). The Morgan fingerprint density at radius 2 is 1.95 bits per heavy atom. The van der Waals surface area contributed by atoms with Crippen molar-refractivity contribution in [3.63, 3.8) is 0 Å². The maximum absolute atomic E-state index is 5.68. The molecule has 0 amide bonds. The lowest BCUT2D eigenvalue weighted by Gasteiger charge is -2.13. The van der Waals surface area contributed by atoms with Crippen LogP contribution in [0.2, 0.25) is 0 Å². The molecule has 19 heavy (non-hydrogen) atoms. The Kier molecular flexibility index (Phi) is 6.50. The number of nitrogens with zero attached hydrogens (tertiary/aromatic N) is 1. The van der Waals surface area contributed by atoms with E-state index >= 15 is 0 Å². The second-order valence-electron chi connectivity index (χ2n) is 4.17. The van der Waals surface area contributed by atoms with E-state index in [9.17, 15) is 0 Å². The van der Waals surface area contributed by atoms with Crippen LogP contribution in [0, 0.1) is 13.8 Å². The highest BCUT2D eigenvalue weighted by Gasteiger charge is 2.05. The molecule has 0 atom stereocenters. The Morgan fingerprint density at radius 1 is 1.26 bits per heavy atom. The number of nitrogens with one attached hydrogen (secondary N) is 1. The summed E-state index contributed by atoms with van der Waals surface area (Å²) >= 11 is 0. The fourth-order valence-electron chi connectivity index (χ4n) is 1.80. The summed E-state index contributed by atoms with van der Waals surface area (Å²) in [6, 6.07) is 4.17. The zero-order valence-corrected chi connectivity index (χ0v) is 12.1. The van der Waals surface area contributed by atoms with Crippen molar-refractivity contribution in [2.24, 2.45) is 5.16 Å². The average molecular weight is 262 g/mol. The van der Waals surface area contributed by atoms with Crippen molar-refractivity contribution in [1.82, 2.24) is 0 Å². The van der Waals surface area contributed by atoms with E-state index in [-0.39, 0.29) is 0 Å². The molecular formula is C15H22N2O2. The van der Waals surface area contributed by atoms with E-state index in [0.717, 1.165) is 29.1 Å². The van der Waals surface area contributed by atoms with E-state index < -0.39 is 0 Å². The zero-order valence-electron chi connectivity index (χ0n) is 12.1. The second kappa shape index (κ2) is 8.19. The standard InChI is InChI=1S/C15H22N2O2/c1-5-6-7-16-14-10-12(2)15(13(3)11-14)19-9-8-17-18-4/h5-6,8,10-11,16H,7,9H2,1-4H3/b6-5+,17-8+. The number of benzene rings is 1. The number of rotatable bonds is 7. The molecule has 0 radical (unpaired) electrons. The third kappa shape index (κ3) is 5.04. The Balaban J connectivity index is 2.70. The first-order chi connectivity index (χ1) is 9.19. The lowest BCUT2D eigenvalue weighted by Crippen LogP contribution is -2.04. The largest absolute Gasteiger partial charge is 0.487 e. The van der Waals surface area contributed by atoms with Crippen LogP contribution in [-0.4, -0.2) is 26.5 Å². The number of hydrogen-bond acceptors (Lipinski definition) is 4. The number of aryl methyl sites for hydroxylation is 2. The Morgan fingerprint density at radius 3 is 2.53 bits per heavy atom. The number of allylic oxidation sites excluding steroid dienone is 1. The van der Waals surface area contributed by atoms with Gasteiger partial charge in [0.25, 0.3) is 0 Å². The summed E-state index contributed by atoms with van der Waals surface area (Å²) < 4.78 is 5.68. The minimum atomic E-state index is 0.404. The SMILES string of the molecule is C/C=C/CNc1cc(C)c(OC/C=N/OC)c(C)c1. The Bertz CT molecular complexity index is 430. The number of hydrogen-bond donors (Lipinski definition) is 1. The number of oxime groups is 1. The van der Waals surface area contributed by atoms with Crippen LogP contribution in [0.25, 0.3) is 0 Å². The first-order valence-electron chi connectivity index (χ1n) is 6.33. The van der Waals surface area contributed by atoms with Crippen LogP contribution < -0.4 is 10.1 Å². The molecule has 0 spiro atoms. The minimum absolute atomic E-state index is 0.404. The first-order valence-corrected chi connectivity index (χ1v) is 6.33. The minimum Gasteiger partial charge on any atom is -0.487 e. The summed E-state index contributed by atoms with van der Waals surface area (Å²) in [4.78, 5) is 4.59. The van der Waals surface area contributed by atoms with Crippen molar-refractivity contribution in [2.75, 3.05) is 25.6 Å². The van der Waals surface area contributed by atoms with Crippen LogP contribution in [0.3, 0.4) is 0 Å². The average Bonchev–Trinajstić information content (AvgIpc) is 2.37. The molecule has 1 N–H and O–H groups in total. The van der Waals surface area contributed by atoms with Gasteiger partial charge in [0.2, 0.25) is 0 Å². The summed E-state index contributed by atoms with van der Waals surface area (Å²) in [5.74, 6) is 0.902. The molecular weight excluding hydrogens is 240 g/mol. The van der Waals surface area contributed by atoms with Gasteiger partial charge in [0.05, 0.1) is 6.21 Å². The summed E-state index contributed by atoms with van der Waals surface area (Å²) in [5, 5.41) is 6.99. The number of ether oxygens (including phenoxy) is 1. The van der Waals surface area contributed by atoms with E-state index in [1.165, 1.54) is 7.11 Å². The van der Waals surface area contributed by atoms with Gasteiger partial charge in [-0.1, -0.05) is 17.3 Å². The molecule has 4 heteroatoms. The van der Waals surface area contributed by atoms with Crippen LogP contribution in [0.15, 0.2) is 29.4 Å². The van der Waals surface area contributed by atoms with Crippen LogP contribution >= 0.6 is 0 Å². The van der Waals surface area contributed by atoms with Gasteiger partial charge in [-0.2, -0.15) is 0 Å². The van der Waals surface area contributed by atoms with Crippen LogP contribution in [-0.2, 0) is 4.84 Å².